The van der Waals surface area contributed by atoms with Gasteiger partial charge in [-0.1, -0.05) is 96.4 Å². The summed E-state index contributed by atoms with van der Waals surface area (Å²) in [5.74, 6) is -6.27. The third-order valence-electron chi connectivity index (χ3n) is 11.6. The predicted molar refractivity (Wildman–Crippen MR) is 276 cm³/mol. The SMILES string of the molecule is CN[C@H](C(=O)N[C@H](CSSCCOC(=O)O[C@H]([C@@H](C)[C@@H]1C/C=C/C(=O)N[C@H](Cc2ccc(OC)c(Cl)c2)C(=O)NCC(C)(C)C(=O)O[C@@H](CC(C)C)C(=O)O1)[C@@H](Cl)c1ccccc1)C(=O)O)[C@@H](O)[C@H](O)[C@H](O)CO. The van der Waals surface area contributed by atoms with E-state index in [0.717, 1.165) is 21.6 Å². The maximum atomic E-state index is 14.1. The number of cyclic esters (lactones) is 2. The van der Waals surface area contributed by atoms with Crippen LogP contribution in [0, 0.1) is 17.3 Å². The van der Waals surface area contributed by atoms with Gasteiger partial charge in [0, 0.05) is 36.8 Å². The molecule has 0 radical (unpaired) electrons. The third kappa shape index (κ3) is 20.0. The Morgan fingerprint density at radius 2 is 1.68 bits per heavy atom. The minimum Gasteiger partial charge on any atom is -0.495 e. The Morgan fingerprint density at radius 1 is 0.986 bits per heavy atom. The molecule has 0 aliphatic carbocycles. The van der Waals surface area contributed by atoms with Crippen LogP contribution in [0.2, 0.25) is 5.02 Å². The molecular weight excluding hydrogens is 1050 g/mol. The fourth-order valence-corrected chi connectivity index (χ4v) is 9.88. The summed E-state index contributed by atoms with van der Waals surface area (Å²) in [6.45, 7) is 6.91. The standard InChI is InChI=1S/C49H68Cl2N4O17S2/c1-26(2)20-36-46(65)70-34(14-11-15-37(58)54-31(22-28-16-17-35(68-7)30(50)21-28)43(61)53-25-49(4,5)47(66)71-36)27(3)42(38(51)29-12-9-8-10-13-29)72-48(67)69-18-19-73-74-24-32(45(63)64)55-44(62)39(52-6)41(60)40(59)33(57)23-56/h8-13,15-17,21,26-27,31-34,36,38-42,52,56-57,59-60H,14,18-20,22-25H2,1-7H3,(H,53,61)(H,54,58)(H,55,62)(H,63,64)/b15-11+/t27-,31+,32+,33+,34-,36-,38-,39-,40+,41+,42+/m0/s1. The van der Waals surface area contributed by atoms with Gasteiger partial charge in [-0.15, -0.1) is 11.6 Å². The summed E-state index contributed by atoms with van der Waals surface area (Å²) in [6.07, 6.45) is -8.18. The van der Waals surface area contributed by atoms with E-state index in [1.807, 2.05) is 13.8 Å². The van der Waals surface area contributed by atoms with Crippen LogP contribution in [0.25, 0.3) is 0 Å². The molecule has 11 atom stereocenters. The number of methoxy groups -OCH3 is 1. The van der Waals surface area contributed by atoms with Crippen molar-refractivity contribution >= 4 is 86.6 Å². The first kappa shape index (κ1) is 63.4. The summed E-state index contributed by atoms with van der Waals surface area (Å²) in [5, 5.41) is 58.3. The maximum absolute atomic E-state index is 14.1. The monoisotopic (exact) mass is 1120 g/mol. The number of aliphatic carboxylic acids is 1. The molecule has 1 heterocycles. The zero-order chi connectivity index (χ0) is 55.3. The van der Waals surface area contributed by atoms with Crippen LogP contribution in [0.1, 0.15) is 64.0 Å². The van der Waals surface area contributed by atoms with E-state index in [2.05, 4.69) is 21.3 Å². The molecule has 0 bridgehead atoms. The molecule has 0 spiro atoms. The molecule has 21 nitrogen and oxygen atoms in total. The number of alkyl halides is 1. The number of amides is 3. The van der Waals surface area contributed by atoms with Crippen molar-refractivity contribution in [2.75, 3.05) is 45.4 Å². The number of nitrogens with one attached hydrogen (secondary N) is 4. The van der Waals surface area contributed by atoms with Gasteiger partial charge in [0.05, 0.1) is 29.5 Å². The number of benzene rings is 2. The van der Waals surface area contributed by atoms with Crippen LogP contribution >= 0.6 is 44.8 Å². The van der Waals surface area contributed by atoms with Crippen LogP contribution in [0.15, 0.2) is 60.7 Å². The second-order valence-corrected chi connectivity index (χ2v) is 21.8. The third-order valence-corrected chi connectivity index (χ3v) is 14.8. The van der Waals surface area contributed by atoms with E-state index in [4.69, 9.17) is 52.0 Å². The van der Waals surface area contributed by atoms with E-state index in [0.29, 0.717) is 16.9 Å². The van der Waals surface area contributed by atoms with E-state index < -0.39 is 120 Å². The smallest absolute Gasteiger partial charge is 0.495 e. The number of aliphatic hydroxyl groups excluding tert-OH is 4. The van der Waals surface area contributed by atoms with Crippen molar-refractivity contribution in [3.8, 4) is 5.75 Å². The van der Waals surface area contributed by atoms with Crippen molar-refractivity contribution in [3.63, 3.8) is 0 Å². The molecule has 3 amide bonds. The lowest BCUT2D eigenvalue weighted by Crippen LogP contribution is -2.59. The average Bonchev–Trinajstić information content (AvgIpc) is 3.36. The first-order chi connectivity index (χ1) is 34.9. The Labute approximate surface area is 447 Å². The number of carbonyl (C=O) groups excluding carboxylic acids is 6. The Morgan fingerprint density at radius 3 is 2.28 bits per heavy atom. The number of likely N-dealkylation sites (N-methyl/N-ethyl adjacent to an activating group) is 1. The van der Waals surface area contributed by atoms with Crippen LogP contribution < -0.4 is 26.0 Å². The van der Waals surface area contributed by atoms with Crippen molar-refractivity contribution in [1.82, 2.24) is 21.3 Å². The second kappa shape index (κ2) is 31.3. The minimum absolute atomic E-state index is 0.000188. The number of aliphatic hydroxyl groups is 4. The number of halogens is 2. The van der Waals surface area contributed by atoms with Crippen molar-refractivity contribution in [2.45, 2.75) is 114 Å². The highest BCUT2D eigenvalue weighted by atomic mass is 35.5. The molecule has 2 aromatic carbocycles. The zero-order valence-electron chi connectivity index (χ0n) is 42.1. The second-order valence-electron chi connectivity index (χ2n) is 18.3. The summed E-state index contributed by atoms with van der Waals surface area (Å²) in [7, 11) is 4.81. The number of hydrogen-bond acceptors (Lipinski definition) is 19. The molecule has 0 fully saturated rings. The van der Waals surface area contributed by atoms with Crippen molar-refractivity contribution in [1.29, 1.82) is 0 Å². The highest BCUT2D eigenvalue weighted by molar-refractivity contribution is 8.76. The van der Waals surface area contributed by atoms with Crippen LogP contribution in [0.4, 0.5) is 4.79 Å². The molecule has 2 aromatic rings. The van der Waals surface area contributed by atoms with Gasteiger partial charge in [-0.05, 0) is 62.6 Å². The number of carbonyl (C=O) groups is 7. The van der Waals surface area contributed by atoms with Gasteiger partial charge in [0.1, 0.15) is 61.0 Å². The summed E-state index contributed by atoms with van der Waals surface area (Å²) < 4.78 is 28.5. The number of carboxylic acids is 1. The largest absolute Gasteiger partial charge is 0.508 e. The Bertz CT molecular complexity index is 2210. The number of rotatable bonds is 24. The molecule has 74 heavy (non-hydrogen) atoms. The van der Waals surface area contributed by atoms with Crippen molar-refractivity contribution < 1.29 is 82.8 Å². The molecule has 1 aliphatic rings. The van der Waals surface area contributed by atoms with E-state index in [1.165, 1.54) is 40.2 Å². The van der Waals surface area contributed by atoms with Crippen LogP contribution in [-0.4, -0.2) is 167 Å². The van der Waals surface area contributed by atoms with E-state index in [1.54, 1.807) is 55.5 Å². The van der Waals surface area contributed by atoms with E-state index >= 15 is 0 Å². The van der Waals surface area contributed by atoms with Crippen molar-refractivity contribution in [2.24, 2.45) is 17.3 Å². The van der Waals surface area contributed by atoms with Gasteiger partial charge in [0.15, 0.2) is 6.10 Å². The fraction of sp³-hybridized carbons (Fsp3) is 0.571. The lowest BCUT2D eigenvalue weighted by molar-refractivity contribution is -0.180. The number of esters is 2. The summed E-state index contributed by atoms with van der Waals surface area (Å²) in [6, 6.07) is 9.31. The minimum atomic E-state index is -1.93. The molecule has 412 valence electrons. The maximum Gasteiger partial charge on any atom is 0.508 e. The number of ether oxygens (including phenoxy) is 5. The van der Waals surface area contributed by atoms with Gasteiger partial charge in [-0.3, -0.25) is 19.2 Å². The Balaban J connectivity index is 1.85. The molecular formula is C49H68Cl2N4O17S2. The Hall–Kier alpha value is -4.85. The number of hydrogen-bond donors (Lipinski definition) is 9. The normalized spacial score (nSPS) is 21.4. The molecule has 0 aromatic heterocycles. The topological polar surface area (TPSA) is 315 Å². The molecule has 0 saturated heterocycles. The van der Waals surface area contributed by atoms with Crippen LogP contribution in [0.3, 0.4) is 0 Å². The predicted octanol–water partition coefficient (Wildman–Crippen LogP) is 3.10. The average molecular weight is 1120 g/mol. The van der Waals surface area contributed by atoms with Gasteiger partial charge in [0.25, 0.3) is 0 Å². The van der Waals surface area contributed by atoms with E-state index in [9.17, 15) is 54.0 Å². The molecule has 9 N–H and O–H groups in total. The Kier molecular flexibility index (Phi) is 26.8. The lowest BCUT2D eigenvalue weighted by atomic mass is 9.90. The first-order valence-corrected chi connectivity index (χ1v) is 26.9. The van der Waals surface area contributed by atoms with Gasteiger partial charge in [-0.2, -0.15) is 0 Å². The van der Waals surface area contributed by atoms with Crippen molar-refractivity contribution in [3.05, 3.63) is 76.8 Å². The quantitative estimate of drug-likeness (QED) is 0.0240. The van der Waals surface area contributed by atoms with Crippen LogP contribution in [0.5, 0.6) is 5.75 Å². The summed E-state index contributed by atoms with van der Waals surface area (Å²) in [5.41, 5.74) is -0.259. The molecule has 1 aliphatic heterocycles. The van der Waals surface area contributed by atoms with Gasteiger partial charge >= 0.3 is 24.1 Å². The molecule has 0 saturated carbocycles. The number of carboxylic acid groups (broad SMARTS) is 1. The zero-order valence-corrected chi connectivity index (χ0v) is 45.2. The molecule has 25 heteroatoms. The summed E-state index contributed by atoms with van der Waals surface area (Å²) in [4.78, 5) is 93.5. The van der Waals surface area contributed by atoms with Crippen LogP contribution in [-0.2, 0) is 54.1 Å². The van der Waals surface area contributed by atoms with E-state index in [-0.39, 0.29) is 54.9 Å². The molecule has 3 rings (SSSR count). The van der Waals surface area contributed by atoms with Gasteiger partial charge in [0.2, 0.25) is 17.7 Å². The highest BCUT2D eigenvalue weighted by Gasteiger charge is 2.41. The van der Waals surface area contributed by atoms with Gasteiger partial charge in [-0.25, -0.2) is 14.4 Å². The summed E-state index contributed by atoms with van der Waals surface area (Å²) >= 11 is 13.4. The van der Waals surface area contributed by atoms with Gasteiger partial charge < -0.3 is 70.5 Å². The fourth-order valence-electron chi connectivity index (χ4n) is 7.20. The molecule has 0 unspecified atom stereocenters. The highest BCUT2D eigenvalue weighted by Crippen LogP contribution is 2.35. The first-order valence-electron chi connectivity index (χ1n) is 23.5. The lowest BCUT2D eigenvalue weighted by Gasteiger charge is -2.34.